The molecule has 1 aliphatic heterocycles. The number of amides is 1. The Hall–Kier alpha value is -3.68. The molecule has 0 aliphatic carbocycles. The van der Waals surface area contributed by atoms with Crippen LogP contribution in [0.1, 0.15) is 32.7 Å². The SMILES string of the molecule is C=C(N[C@@H]1CNC[C@H]1NC(=O)c1ccc(C(=C)c2cc(Cl)ccc2C)cc1)c1ccnc(N)n1. The normalized spacial score (nSPS) is 17.2. The minimum absolute atomic E-state index is 0.0440. The van der Waals surface area contributed by atoms with Crippen molar-refractivity contribution in [1.82, 2.24) is 25.9 Å². The van der Waals surface area contributed by atoms with E-state index in [0.717, 1.165) is 22.3 Å². The fourth-order valence-corrected chi connectivity index (χ4v) is 4.14. The van der Waals surface area contributed by atoms with Crippen molar-refractivity contribution >= 4 is 34.7 Å². The number of aromatic nitrogens is 2. The van der Waals surface area contributed by atoms with E-state index in [1.165, 1.54) is 0 Å². The van der Waals surface area contributed by atoms with Crippen molar-refractivity contribution < 1.29 is 4.79 Å². The Morgan fingerprint density at radius 3 is 2.44 bits per heavy atom. The first-order chi connectivity index (χ1) is 16.3. The molecule has 0 radical (unpaired) electrons. The Morgan fingerprint density at radius 1 is 1.06 bits per heavy atom. The number of nitrogens with one attached hydrogen (secondary N) is 3. The summed E-state index contributed by atoms with van der Waals surface area (Å²) >= 11 is 6.16. The molecule has 2 heterocycles. The fraction of sp³-hybridized carbons (Fsp3) is 0.192. The summed E-state index contributed by atoms with van der Waals surface area (Å²) in [5.41, 5.74) is 11.4. The van der Waals surface area contributed by atoms with Gasteiger partial charge in [0.15, 0.2) is 0 Å². The minimum Gasteiger partial charge on any atom is -0.378 e. The van der Waals surface area contributed by atoms with Gasteiger partial charge in [0.25, 0.3) is 5.91 Å². The molecule has 4 rings (SSSR count). The van der Waals surface area contributed by atoms with Gasteiger partial charge < -0.3 is 21.7 Å². The maximum Gasteiger partial charge on any atom is 0.251 e. The van der Waals surface area contributed by atoms with Gasteiger partial charge in [0.1, 0.15) is 0 Å². The van der Waals surface area contributed by atoms with Crippen LogP contribution in [0, 0.1) is 6.92 Å². The third-order valence-electron chi connectivity index (χ3n) is 5.89. The lowest BCUT2D eigenvalue weighted by atomic mass is 9.95. The van der Waals surface area contributed by atoms with Gasteiger partial charge >= 0.3 is 0 Å². The molecule has 1 saturated heterocycles. The summed E-state index contributed by atoms with van der Waals surface area (Å²) < 4.78 is 0. The van der Waals surface area contributed by atoms with E-state index < -0.39 is 0 Å². The van der Waals surface area contributed by atoms with E-state index in [9.17, 15) is 4.79 Å². The van der Waals surface area contributed by atoms with Crippen LogP contribution in [0.4, 0.5) is 5.95 Å². The minimum atomic E-state index is -0.145. The van der Waals surface area contributed by atoms with Gasteiger partial charge in [-0.1, -0.05) is 43.0 Å². The third-order valence-corrected chi connectivity index (χ3v) is 6.13. The summed E-state index contributed by atoms with van der Waals surface area (Å²) in [7, 11) is 0. The highest BCUT2D eigenvalue weighted by molar-refractivity contribution is 6.30. The summed E-state index contributed by atoms with van der Waals surface area (Å²) in [6.45, 7) is 11.6. The number of aryl methyl sites for hydroxylation is 1. The van der Waals surface area contributed by atoms with Crippen LogP contribution in [-0.2, 0) is 0 Å². The maximum atomic E-state index is 12.9. The summed E-state index contributed by atoms with van der Waals surface area (Å²) in [4.78, 5) is 21.0. The first-order valence-electron chi connectivity index (χ1n) is 10.9. The number of nitrogens with two attached hydrogens (primary N) is 1. The van der Waals surface area contributed by atoms with E-state index in [0.29, 0.717) is 35.1 Å². The summed E-state index contributed by atoms with van der Waals surface area (Å²) in [5.74, 6) is 0.0417. The number of anilines is 1. The van der Waals surface area contributed by atoms with Crippen LogP contribution in [0.5, 0.6) is 0 Å². The number of halogens is 1. The van der Waals surface area contributed by atoms with Gasteiger partial charge in [-0.15, -0.1) is 0 Å². The average Bonchev–Trinajstić information content (AvgIpc) is 3.26. The van der Waals surface area contributed by atoms with Gasteiger partial charge in [0, 0.05) is 29.9 Å². The lowest BCUT2D eigenvalue weighted by Gasteiger charge is -2.23. The van der Waals surface area contributed by atoms with Crippen molar-refractivity contribution in [2.75, 3.05) is 18.8 Å². The van der Waals surface area contributed by atoms with Crippen LogP contribution < -0.4 is 21.7 Å². The molecular weight excluding hydrogens is 448 g/mol. The van der Waals surface area contributed by atoms with Crippen molar-refractivity contribution in [1.29, 1.82) is 0 Å². The molecular formula is C26H27ClN6O. The lowest BCUT2D eigenvalue weighted by Crippen LogP contribution is -2.48. The Labute approximate surface area is 204 Å². The van der Waals surface area contributed by atoms with Crippen molar-refractivity contribution in [3.63, 3.8) is 0 Å². The van der Waals surface area contributed by atoms with E-state index >= 15 is 0 Å². The summed E-state index contributed by atoms with van der Waals surface area (Å²) in [6.07, 6.45) is 1.59. The highest BCUT2D eigenvalue weighted by Crippen LogP contribution is 2.27. The van der Waals surface area contributed by atoms with Crippen molar-refractivity contribution in [3.8, 4) is 0 Å². The number of nitrogen functional groups attached to an aromatic ring is 1. The number of hydrogen-bond donors (Lipinski definition) is 4. The molecule has 7 nitrogen and oxygen atoms in total. The molecule has 1 aromatic heterocycles. The lowest BCUT2D eigenvalue weighted by molar-refractivity contribution is 0.0936. The summed E-state index contributed by atoms with van der Waals surface area (Å²) in [5, 5.41) is 10.4. The largest absolute Gasteiger partial charge is 0.378 e. The highest BCUT2D eigenvalue weighted by atomic mass is 35.5. The molecule has 34 heavy (non-hydrogen) atoms. The number of rotatable bonds is 7. The predicted octanol–water partition coefficient (Wildman–Crippen LogP) is 3.41. The topological polar surface area (TPSA) is 105 Å². The molecule has 0 spiro atoms. The number of hydrogen-bond acceptors (Lipinski definition) is 6. The Bertz CT molecular complexity index is 1240. The molecule has 174 valence electrons. The Morgan fingerprint density at radius 2 is 1.74 bits per heavy atom. The zero-order chi connectivity index (χ0) is 24.2. The maximum absolute atomic E-state index is 12.9. The smallest absolute Gasteiger partial charge is 0.251 e. The molecule has 2 aromatic carbocycles. The molecule has 0 bridgehead atoms. The second-order valence-corrected chi connectivity index (χ2v) is 8.72. The standard InChI is InChI=1S/C26H27ClN6O/c1-15-4-9-20(27)12-21(15)16(2)18-5-7-19(8-6-18)25(34)32-24-14-29-13-23(24)31-17(3)22-10-11-30-26(28)33-22/h4-12,23-24,29,31H,2-3,13-14H2,1H3,(H,32,34)(H2,28,30,33)/t23-,24-/m1/s1. The molecule has 3 aromatic rings. The van der Waals surface area contributed by atoms with Gasteiger partial charge in [-0.05, 0) is 59.5 Å². The van der Waals surface area contributed by atoms with E-state index in [1.54, 1.807) is 12.3 Å². The van der Waals surface area contributed by atoms with Crippen LogP contribution >= 0.6 is 11.6 Å². The molecule has 8 heteroatoms. The quantitative estimate of drug-likeness (QED) is 0.418. The van der Waals surface area contributed by atoms with E-state index in [-0.39, 0.29) is 23.9 Å². The van der Waals surface area contributed by atoms with Crippen LogP contribution in [0.3, 0.4) is 0 Å². The zero-order valence-electron chi connectivity index (χ0n) is 18.9. The van der Waals surface area contributed by atoms with Crippen molar-refractivity contribution in [2.24, 2.45) is 0 Å². The van der Waals surface area contributed by atoms with Crippen molar-refractivity contribution in [2.45, 2.75) is 19.0 Å². The number of benzene rings is 2. The van der Waals surface area contributed by atoms with Gasteiger partial charge in [-0.3, -0.25) is 4.79 Å². The van der Waals surface area contributed by atoms with Gasteiger partial charge in [0.05, 0.1) is 23.5 Å². The predicted molar refractivity (Wildman–Crippen MR) is 137 cm³/mol. The average molecular weight is 475 g/mol. The summed E-state index contributed by atoms with van der Waals surface area (Å²) in [6, 6.07) is 14.7. The van der Waals surface area contributed by atoms with E-state index in [1.807, 2.05) is 49.4 Å². The molecule has 2 atom stereocenters. The van der Waals surface area contributed by atoms with E-state index in [2.05, 4.69) is 39.1 Å². The molecule has 5 N–H and O–H groups in total. The Balaban J connectivity index is 1.40. The van der Waals surface area contributed by atoms with Crippen LogP contribution in [0.25, 0.3) is 11.3 Å². The van der Waals surface area contributed by atoms with E-state index in [4.69, 9.17) is 17.3 Å². The van der Waals surface area contributed by atoms with Crippen LogP contribution in [-0.4, -0.2) is 41.0 Å². The second kappa shape index (κ2) is 10.1. The fourth-order valence-electron chi connectivity index (χ4n) is 3.97. The molecule has 0 unspecified atom stereocenters. The molecule has 1 aliphatic rings. The monoisotopic (exact) mass is 474 g/mol. The highest BCUT2D eigenvalue weighted by Gasteiger charge is 2.29. The second-order valence-electron chi connectivity index (χ2n) is 8.28. The van der Waals surface area contributed by atoms with Crippen molar-refractivity contribution in [3.05, 3.63) is 101 Å². The number of carbonyl (C=O) groups is 1. The number of nitrogens with zero attached hydrogens (tertiary/aromatic N) is 2. The van der Waals surface area contributed by atoms with Gasteiger partial charge in [0.2, 0.25) is 5.95 Å². The number of carbonyl (C=O) groups excluding carboxylic acids is 1. The van der Waals surface area contributed by atoms with Crippen LogP contribution in [0.15, 0.2) is 67.9 Å². The third kappa shape index (κ3) is 5.27. The first-order valence-corrected chi connectivity index (χ1v) is 11.3. The van der Waals surface area contributed by atoms with Gasteiger partial charge in [-0.25, -0.2) is 9.97 Å². The van der Waals surface area contributed by atoms with Crippen LogP contribution in [0.2, 0.25) is 5.02 Å². The first kappa shape index (κ1) is 23.5. The Kier molecular flexibility index (Phi) is 6.95. The molecule has 1 amide bonds. The zero-order valence-corrected chi connectivity index (χ0v) is 19.7. The molecule has 1 fully saturated rings. The van der Waals surface area contributed by atoms with Gasteiger partial charge in [-0.2, -0.15) is 0 Å². The molecule has 0 saturated carbocycles.